The Kier molecular flexibility index (Phi) is 2.60. The minimum absolute atomic E-state index is 0.907. The van der Waals surface area contributed by atoms with Crippen LogP contribution in [0.25, 0.3) is 0 Å². The molecule has 0 bridgehead atoms. The highest BCUT2D eigenvalue weighted by atomic mass is 14.9. The van der Waals surface area contributed by atoms with Gasteiger partial charge in [0.1, 0.15) is 0 Å². The molecule has 0 radical (unpaired) electrons. The number of hydrogen-bond donors (Lipinski definition) is 1. The minimum Gasteiger partial charge on any atom is -0.311 e. The summed E-state index contributed by atoms with van der Waals surface area (Å²) in [6.07, 6.45) is 3.24. The number of aromatic nitrogens is 1. The zero-order valence-electron chi connectivity index (χ0n) is 8.03. The summed E-state index contributed by atoms with van der Waals surface area (Å²) in [6, 6.07) is 6.04. The molecular formula is C11H16N2. The van der Waals surface area contributed by atoms with Crippen LogP contribution in [-0.2, 0) is 6.54 Å². The van der Waals surface area contributed by atoms with Gasteiger partial charge < -0.3 is 5.32 Å². The Morgan fingerprint density at radius 1 is 1.54 bits per heavy atom. The number of nitrogens with zero attached hydrogens (tertiary/aromatic N) is 1. The van der Waals surface area contributed by atoms with Gasteiger partial charge in [-0.3, -0.25) is 4.98 Å². The smallest absolute Gasteiger partial charge is 0.0541 e. The molecule has 2 heteroatoms. The fourth-order valence-electron chi connectivity index (χ4n) is 1.57. The number of pyridine rings is 1. The normalized spacial score (nSPS) is 25.9. The number of rotatable bonds is 4. The molecule has 1 heterocycles. The van der Waals surface area contributed by atoms with Gasteiger partial charge in [-0.1, -0.05) is 13.0 Å². The zero-order valence-corrected chi connectivity index (χ0v) is 8.03. The molecule has 2 unspecified atom stereocenters. The molecule has 0 aliphatic heterocycles. The standard InChI is InChI=1S/C11H16N2/c1-9-6-10(9)7-12-8-11-4-2-3-5-13-11/h2-5,9-10,12H,6-8H2,1H3. The van der Waals surface area contributed by atoms with E-state index >= 15 is 0 Å². The van der Waals surface area contributed by atoms with Gasteiger partial charge >= 0.3 is 0 Å². The summed E-state index contributed by atoms with van der Waals surface area (Å²) in [4.78, 5) is 4.25. The van der Waals surface area contributed by atoms with E-state index in [1.54, 1.807) is 0 Å². The third-order valence-corrected chi connectivity index (χ3v) is 2.71. The van der Waals surface area contributed by atoms with Gasteiger partial charge in [-0.25, -0.2) is 0 Å². The summed E-state index contributed by atoms with van der Waals surface area (Å²) in [5, 5.41) is 3.43. The quantitative estimate of drug-likeness (QED) is 0.757. The van der Waals surface area contributed by atoms with Gasteiger partial charge in [0.25, 0.3) is 0 Å². The molecule has 1 N–H and O–H groups in total. The molecule has 1 aliphatic carbocycles. The minimum atomic E-state index is 0.907. The highest BCUT2D eigenvalue weighted by Crippen LogP contribution is 2.36. The largest absolute Gasteiger partial charge is 0.311 e. The van der Waals surface area contributed by atoms with Crippen molar-refractivity contribution < 1.29 is 0 Å². The SMILES string of the molecule is CC1CC1CNCc1ccccn1. The van der Waals surface area contributed by atoms with Crippen molar-refractivity contribution in [3.05, 3.63) is 30.1 Å². The van der Waals surface area contributed by atoms with Crippen molar-refractivity contribution in [2.45, 2.75) is 19.9 Å². The number of nitrogens with one attached hydrogen (secondary N) is 1. The fraction of sp³-hybridized carbons (Fsp3) is 0.545. The van der Waals surface area contributed by atoms with Crippen molar-refractivity contribution in [2.24, 2.45) is 11.8 Å². The van der Waals surface area contributed by atoms with Crippen LogP contribution in [0.5, 0.6) is 0 Å². The van der Waals surface area contributed by atoms with Crippen LogP contribution in [0.4, 0.5) is 0 Å². The van der Waals surface area contributed by atoms with Crippen LogP contribution in [0.1, 0.15) is 19.0 Å². The summed E-state index contributed by atoms with van der Waals surface area (Å²) in [7, 11) is 0. The lowest BCUT2D eigenvalue weighted by molar-refractivity contribution is 0.605. The van der Waals surface area contributed by atoms with Crippen molar-refractivity contribution in [2.75, 3.05) is 6.54 Å². The first-order valence-corrected chi connectivity index (χ1v) is 4.97. The third kappa shape index (κ3) is 2.52. The van der Waals surface area contributed by atoms with Crippen LogP contribution in [0.15, 0.2) is 24.4 Å². The molecule has 0 amide bonds. The Hall–Kier alpha value is -0.890. The lowest BCUT2D eigenvalue weighted by Crippen LogP contribution is -2.17. The summed E-state index contributed by atoms with van der Waals surface area (Å²) < 4.78 is 0. The molecule has 1 saturated carbocycles. The van der Waals surface area contributed by atoms with Crippen LogP contribution >= 0.6 is 0 Å². The first kappa shape index (κ1) is 8.70. The van der Waals surface area contributed by atoms with E-state index in [2.05, 4.69) is 23.3 Å². The molecular weight excluding hydrogens is 160 g/mol. The van der Waals surface area contributed by atoms with E-state index < -0.39 is 0 Å². The lowest BCUT2D eigenvalue weighted by atomic mass is 10.3. The highest BCUT2D eigenvalue weighted by Gasteiger charge is 2.31. The molecule has 0 spiro atoms. The van der Waals surface area contributed by atoms with Crippen LogP contribution in [0, 0.1) is 11.8 Å². The maximum atomic E-state index is 4.25. The van der Waals surface area contributed by atoms with E-state index in [4.69, 9.17) is 0 Å². The van der Waals surface area contributed by atoms with Crippen LogP contribution < -0.4 is 5.32 Å². The molecule has 1 aliphatic rings. The maximum Gasteiger partial charge on any atom is 0.0541 e. The molecule has 0 saturated heterocycles. The summed E-state index contributed by atoms with van der Waals surface area (Å²) in [5.74, 6) is 1.86. The highest BCUT2D eigenvalue weighted by molar-refractivity contribution is 5.03. The average molecular weight is 176 g/mol. The van der Waals surface area contributed by atoms with Crippen LogP contribution in [0.2, 0.25) is 0 Å². The van der Waals surface area contributed by atoms with Gasteiger partial charge in [-0.2, -0.15) is 0 Å². The lowest BCUT2D eigenvalue weighted by Gasteiger charge is -2.02. The predicted molar refractivity (Wildman–Crippen MR) is 53.2 cm³/mol. The Morgan fingerprint density at radius 2 is 2.38 bits per heavy atom. The molecule has 2 rings (SSSR count). The number of hydrogen-bond acceptors (Lipinski definition) is 2. The zero-order chi connectivity index (χ0) is 9.10. The topological polar surface area (TPSA) is 24.9 Å². The Bertz CT molecular complexity index is 258. The van der Waals surface area contributed by atoms with Crippen molar-refractivity contribution >= 4 is 0 Å². The van der Waals surface area contributed by atoms with E-state index in [1.165, 1.54) is 6.42 Å². The Labute approximate surface area is 79.4 Å². The van der Waals surface area contributed by atoms with Crippen molar-refractivity contribution in [3.8, 4) is 0 Å². The van der Waals surface area contributed by atoms with Crippen molar-refractivity contribution in [3.63, 3.8) is 0 Å². The second kappa shape index (κ2) is 3.88. The summed E-state index contributed by atoms with van der Waals surface area (Å²) in [5.41, 5.74) is 1.14. The van der Waals surface area contributed by atoms with E-state index in [0.29, 0.717) is 0 Å². The van der Waals surface area contributed by atoms with Crippen molar-refractivity contribution in [1.29, 1.82) is 0 Å². The van der Waals surface area contributed by atoms with Gasteiger partial charge in [-0.05, 0) is 36.9 Å². The van der Waals surface area contributed by atoms with E-state index in [0.717, 1.165) is 30.6 Å². The first-order chi connectivity index (χ1) is 6.36. The van der Waals surface area contributed by atoms with Gasteiger partial charge in [0, 0.05) is 12.7 Å². The van der Waals surface area contributed by atoms with E-state index in [1.807, 2.05) is 18.3 Å². The fourth-order valence-corrected chi connectivity index (χ4v) is 1.57. The summed E-state index contributed by atoms with van der Waals surface area (Å²) >= 11 is 0. The Balaban J connectivity index is 1.68. The third-order valence-electron chi connectivity index (χ3n) is 2.71. The average Bonchev–Trinajstić information content (AvgIpc) is 2.84. The van der Waals surface area contributed by atoms with E-state index in [9.17, 15) is 0 Å². The molecule has 70 valence electrons. The Morgan fingerprint density at radius 3 is 3.00 bits per heavy atom. The molecule has 1 aromatic rings. The molecule has 0 aromatic carbocycles. The first-order valence-electron chi connectivity index (χ1n) is 4.97. The maximum absolute atomic E-state index is 4.25. The summed E-state index contributed by atoms with van der Waals surface area (Å²) in [6.45, 7) is 4.37. The van der Waals surface area contributed by atoms with E-state index in [-0.39, 0.29) is 0 Å². The van der Waals surface area contributed by atoms with Gasteiger partial charge in [0.05, 0.1) is 5.69 Å². The predicted octanol–water partition coefficient (Wildman–Crippen LogP) is 1.83. The molecule has 13 heavy (non-hydrogen) atoms. The van der Waals surface area contributed by atoms with Crippen LogP contribution in [-0.4, -0.2) is 11.5 Å². The van der Waals surface area contributed by atoms with Crippen molar-refractivity contribution in [1.82, 2.24) is 10.3 Å². The molecule has 2 atom stereocenters. The van der Waals surface area contributed by atoms with Crippen LogP contribution in [0.3, 0.4) is 0 Å². The second-order valence-corrected chi connectivity index (χ2v) is 3.93. The molecule has 2 nitrogen and oxygen atoms in total. The molecule has 1 aromatic heterocycles. The second-order valence-electron chi connectivity index (χ2n) is 3.93. The molecule has 1 fully saturated rings. The van der Waals surface area contributed by atoms with Gasteiger partial charge in [0.2, 0.25) is 0 Å². The van der Waals surface area contributed by atoms with Gasteiger partial charge in [-0.15, -0.1) is 0 Å². The monoisotopic (exact) mass is 176 g/mol. The van der Waals surface area contributed by atoms with Gasteiger partial charge in [0.15, 0.2) is 0 Å².